The van der Waals surface area contributed by atoms with E-state index in [1.165, 1.54) is 4.88 Å². The molecule has 2 aromatic heterocycles. The highest BCUT2D eigenvalue weighted by molar-refractivity contribution is 7.13. The summed E-state index contributed by atoms with van der Waals surface area (Å²) in [4.78, 5) is 41.4. The third-order valence-corrected chi connectivity index (χ3v) is 7.63. The Morgan fingerprint density at radius 3 is 2.46 bits per heavy atom. The molecule has 3 aromatic rings. The zero-order valence-corrected chi connectivity index (χ0v) is 24.6. The van der Waals surface area contributed by atoms with Crippen molar-refractivity contribution in [2.75, 3.05) is 6.54 Å². The lowest BCUT2D eigenvalue weighted by Crippen LogP contribution is -2.55. The fourth-order valence-electron chi connectivity index (χ4n) is 4.77. The van der Waals surface area contributed by atoms with Crippen molar-refractivity contribution in [2.45, 2.75) is 85.1 Å². The highest BCUT2D eigenvalue weighted by atomic mass is 32.1. The lowest BCUT2D eigenvalue weighted by molar-refractivity contribution is -0.137. The number of carbonyl (C=O) groups excluding carboxylic acids is 2. The van der Waals surface area contributed by atoms with Crippen molar-refractivity contribution in [1.82, 2.24) is 25.2 Å². The van der Waals surface area contributed by atoms with Gasteiger partial charge in [0.05, 0.1) is 28.2 Å². The molecule has 0 spiro atoms. The topological polar surface area (TPSA) is 120 Å². The Kier molecular flexibility index (Phi) is 8.18. The maximum atomic E-state index is 13.8. The molecular formula is C29H39N5O4S. The summed E-state index contributed by atoms with van der Waals surface area (Å²) >= 11 is 1.63. The van der Waals surface area contributed by atoms with Gasteiger partial charge in [-0.1, -0.05) is 45.0 Å². The van der Waals surface area contributed by atoms with Gasteiger partial charge < -0.3 is 25.0 Å². The Labute approximate surface area is 234 Å². The summed E-state index contributed by atoms with van der Waals surface area (Å²) in [6.07, 6.45) is 1.47. The van der Waals surface area contributed by atoms with Gasteiger partial charge in [-0.25, -0.2) is 14.8 Å². The minimum Gasteiger partial charge on any atom is -0.444 e. The molecule has 1 saturated heterocycles. The predicted molar refractivity (Wildman–Crippen MR) is 151 cm³/mol. The second-order valence-electron chi connectivity index (χ2n) is 12.3. The lowest BCUT2D eigenvalue weighted by atomic mass is 9.85. The van der Waals surface area contributed by atoms with Crippen LogP contribution in [-0.4, -0.2) is 61.3 Å². The normalized spacial score (nSPS) is 18.7. The number of thiazole rings is 1. The SMILES string of the molecule is Cc1ncsc1-c1ccc(Cc2cnc([C@@H]3C[C@@H](O)CN3C(=O)[C@@H](NC(=O)OC(C)(C)C)C(C)(C)C)[nH]2)cc1. The molecule has 0 saturated carbocycles. The summed E-state index contributed by atoms with van der Waals surface area (Å²) in [5.74, 6) is 0.346. The zero-order chi connectivity index (χ0) is 28.5. The highest BCUT2D eigenvalue weighted by Gasteiger charge is 2.43. The van der Waals surface area contributed by atoms with Crippen LogP contribution >= 0.6 is 11.3 Å². The smallest absolute Gasteiger partial charge is 0.408 e. The molecule has 1 fully saturated rings. The zero-order valence-electron chi connectivity index (χ0n) is 23.7. The van der Waals surface area contributed by atoms with Crippen molar-refractivity contribution in [2.24, 2.45) is 5.41 Å². The van der Waals surface area contributed by atoms with Gasteiger partial charge in [0.25, 0.3) is 0 Å². The number of aliphatic hydroxyl groups excluding tert-OH is 1. The van der Waals surface area contributed by atoms with Crippen molar-refractivity contribution in [3.63, 3.8) is 0 Å². The van der Waals surface area contributed by atoms with Crippen LogP contribution in [0.4, 0.5) is 4.79 Å². The second-order valence-corrected chi connectivity index (χ2v) is 13.1. The van der Waals surface area contributed by atoms with E-state index in [0.717, 1.165) is 22.5 Å². The number of alkyl carbamates (subject to hydrolysis) is 1. The Bertz CT molecular complexity index is 1300. The Morgan fingerprint density at radius 1 is 1.18 bits per heavy atom. The molecule has 3 atom stereocenters. The number of aromatic nitrogens is 3. The first-order chi connectivity index (χ1) is 18.2. The average molecular weight is 554 g/mol. The number of aryl methyl sites for hydroxylation is 1. The number of imidazole rings is 1. The first-order valence-corrected chi connectivity index (χ1v) is 14.1. The molecular weight excluding hydrogens is 514 g/mol. The molecule has 1 aromatic carbocycles. The van der Waals surface area contributed by atoms with Gasteiger partial charge in [-0.15, -0.1) is 11.3 Å². The summed E-state index contributed by atoms with van der Waals surface area (Å²) in [5.41, 5.74) is 4.81. The van der Waals surface area contributed by atoms with Gasteiger partial charge in [-0.2, -0.15) is 0 Å². The van der Waals surface area contributed by atoms with E-state index in [9.17, 15) is 14.7 Å². The summed E-state index contributed by atoms with van der Waals surface area (Å²) in [5, 5.41) is 13.3. The van der Waals surface area contributed by atoms with Gasteiger partial charge >= 0.3 is 6.09 Å². The van der Waals surface area contributed by atoms with Crippen molar-refractivity contribution in [3.8, 4) is 10.4 Å². The van der Waals surface area contributed by atoms with Gasteiger partial charge in [0, 0.05) is 31.3 Å². The number of H-pyrrole nitrogens is 1. The number of β-amino-alcohol motifs (C(OH)–C–C–N with tert-alkyl or cyclic N) is 1. The van der Waals surface area contributed by atoms with Gasteiger partial charge in [0.15, 0.2) is 0 Å². The molecule has 3 N–H and O–H groups in total. The third-order valence-electron chi connectivity index (χ3n) is 6.66. The van der Waals surface area contributed by atoms with Gasteiger partial charge in [0.1, 0.15) is 17.5 Å². The fourth-order valence-corrected chi connectivity index (χ4v) is 5.58. The van der Waals surface area contributed by atoms with E-state index in [1.54, 1.807) is 43.2 Å². The Balaban J connectivity index is 1.49. The van der Waals surface area contributed by atoms with Crippen LogP contribution in [0.2, 0.25) is 0 Å². The van der Waals surface area contributed by atoms with Crippen LogP contribution in [0.15, 0.2) is 36.0 Å². The van der Waals surface area contributed by atoms with E-state index >= 15 is 0 Å². The van der Waals surface area contributed by atoms with Crippen LogP contribution in [0.3, 0.4) is 0 Å². The molecule has 9 nitrogen and oxygen atoms in total. The van der Waals surface area contributed by atoms with E-state index in [1.807, 2.05) is 33.2 Å². The molecule has 0 unspecified atom stereocenters. The average Bonchev–Trinajstić information content (AvgIpc) is 3.55. The summed E-state index contributed by atoms with van der Waals surface area (Å²) in [6, 6.07) is 7.13. The molecule has 0 aliphatic carbocycles. The quantitative estimate of drug-likeness (QED) is 0.395. The minimum atomic E-state index is -0.838. The first kappa shape index (κ1) is 28.8. The number of rotatable bonds is 6. The third kappa shape index (κ3) is 7.05. The molecule has 210 valence electrons. The van der Waals surface area contributed by atoms with E-state index in [0.29, 0.717) is 18.7 Å². The van der Waals surface area contributed by atoms with Crippen molar-refractivity contribution in [1.29, 1.82) is 0 Å². The Hall–Kier alpha value is -3.24. The maximum Gasteiger partial charge on any atom is 0.408 e. The van der Waals surface area contributed by atoms with Crippen LogP contribution in [-0.2, 0) is 16.0 Å². The largest absolute Gasteiger partial charge is 0.444 e. The monoisotopic (exact) mass is 553 g/mol. The Morgan fingerprint density at radius 2 is 1.87 bits per heavy atom. The number of nitrogens with one attached hydrogen (secondary N) is 2. The number of carbonyl (C=O) groups is 2. The molecule has 10 heteroatoms. The van der Waals surface area contributed by atoms with E-state index in [2.05, 4.69) is 44.5 Å². The van der Waals surface area contributed by atoms with Crippen LogP contribution in [0.5, 0.6) is 0 Å². The maximum absolute atomic E-state index is 13.8. The number of amides is 2. The number of aliphatic hydroxyl groups is 1. The summed E-state index contributed by atoms with van der Waals surface area (Å²) in [6.45, 7) is 13.2. The molecule has 1 aliphatic rings. The van der Waals surface area contributed by atoms with Gasteiger partial charge in [-0.05, 0) is 44.2 Å². The second kappa shape index (κ2) is 11.1. The number of nitrogens with zero attached hydrogens (tertiary/aromatic N) is 3. The number of hydrogen-bond donors (Lipinski definition) is 3. The molecule has 2 amide bonds. The van der Waals surface area contributed by atoms with E-state index in [-0.39, 0.29) is 12.5 Å². The van der Waals surface area contributed by atoms with Crippen molar-refractivity contribution >= 4 is 23.3 Å². The molecule has 39 heavy (non-hydrogen) atoms. The van der Waals surface area contributed by atoms with Gasteiger partial charge in [0.2, 0.25) is 5.91 Å². The number of hydrogen-bond acceptors (Lipinski definition) is 7. The van der Waals surface area contributed by atoms with E-state index < -0.39 is 35.3 Å². The number of likely N-dealkylation sites (tertiary alicyclic amines) is 1. The van der Waals surface area contributed by atoms with Crippen LogP contribution in [0.1, 0.15) is 76.8 Å². The van der Waals surface area contributed by atoms with Crippen LogP contribution in [0, 0.1) is 12.3 Å². The molecule has 4 rings (SSSR count). The summed E-state index contributed by atoms with van der Waals surface area (Å²) in [7, 11) is 0. The lowest BCUT2D eigenvalue weighted by Gasteiger charge is -2.35. The van der Waals surface area contributed by atoms with Crippen molar-refractivity contribution < 1.29 is 19.4 Å². The molecule has 0 bridgehead atoms. The first-order valence-electron chi connectivity index (χ1n) is 13.2. The minimum absolute atomic E-state index is 0.167. The number of benzene rings is 1. The van der Waals surface area contributed by atoms with E-state index in [4.69, 9.17) is 4.74 Å². The molecule has 0 radical (unpaired) electrons. The molecule has 3 heterocycles. The predicted octanol–water partition coefficient (Wildman–Crippen LogP) is 5.01. The number of ether oxygens (including phenoxy) is 1. The summed E-state index contributed by atoms with van der Waals surface area (Å²) < 4.78 is 5.41. The highest BCUT2D eigenvalue weighted by Crippen LogP contribution is 2.34. The van der Waals surface area contributed by atoms with Crippen LogP contribution < -0.4 is 5.32 Å². The van der Waals surface area contributed by atoms with Crippen LogP contribution in [0.25, 0.3) is 10.4 Å². The number of aromatic amines is 1. The van der Waals surface area contributed by atoms with Crippen molar-refractivity contribution in [3.05, 3.63) is 58.7 Å². The standard InChI is InChI=1S/C29H39N5O4S/c1-17-23(39-16-31-17)19-10-8-18(9-11-19)12-20-14-30-25(32-20)22-13-21(35)15-34(22)26(36)24(28(2,3)4)33-27(37)38-29(5,6)7/h8-11,14,16,21-22,24,35H,12-13,15H2,1-7H3,(H,30,32)(H,33,37)/t21-,22+,24-/m1/s1. The van der Waals surface area contributed by atoms with Gasteiger partial charge in [-0.3, -0.25) is 4.79 Å². The fraction of sp³-hybridized carbons (Fsp3) is 0.517. The molecule has 1 aliphatic heterocycles.